The molecule has 4 amide bonds. The monoisotopic (exact) mass is 674 g/mol. The molecule has 0 saturated heterocycles. The Balaban J connectivity index is 5.11. The standard InChI is InChI=1S/C31H58N6O6S2/c1-10-24(38)22(32)15-44-26(13-27(39)34-18(4)5)31(43)37-21(9)12-11-20(8)36-28(40)14-25(30(42)35-19(6)7)45-16-23(33)29(41)17(2)3/h17-23,25-26H,10-16,32-33H2,1-9H3,(H,34,39)(H,35,42)(H,36,40)(H,37,43)/t20?,21-,22-,23+,25?,26?/m0/s1. The highest BCUT2D eigenvalue weighted by atomic mass is 32.2. The van der Waals surface area contributed by atoms with Crippen molar-refractivity contribution in [1.29, 1.82) is 0 Å². The Morgan fingerprint density at radius 1 is 0.600 bits per heavy atom. The summed E-state index contributed by atoms with van der Waals surface area (Å²) >= 11 is 2.40. The van der Waals surface area contributed by atoms with Crippen LogP contribution in [0.1, 0.15) is 94.4 Å². The smallest absolute Gasteiger partial charge is 0.233 e. The van der Waals surface area contributed by atoms with Crippen molar-refractivity contribution in [2.75, 3.05) is 11.5 Å². The Hall–Kier alpha value is -2.16. The van der Waals surface area contributed by atoms with Crippen molar-refractivity contribution in [1.82, 2.24) is 21.3 Å². The third kappa shape index (κ3) is 19.2. The van der Waals surface area contributed by atoms with E-state index in [-0.39, 0.29) is 89.6 Å². The van der Waals surface area contributed by atoms with Crippen LogP contribution in [0.4, 0.5) is 0 Å². The Labute approximate surface area is 278 Å². The van der Waals surface area contributed by atoms with Gasteiger partial charge in [-0.25, -0.2) is 0 Å². The van der Waals surface area contributed by atoms with Crippen molar-refractivity contribution in [3.05, 3.63) is 0 Å². The highest BCUT2D eigenvalue weighted by Crippen LogP contribution is 2.19. The maximum absolute atomic E-state index is 13.1. The van der Waals surface area contributed by atoms with Crippen molar-refractivity contribution >= 4 is 58.7 Å². The predicted octanol–water partition coefficient (Wildman–Crippen LogP) is 1.67. The molecule has 0 radical (unpaired) electrons. The van der Waals surface area contributed by atoms with Gasteiger partial charge in [-0.3, -0.25) is 28.8 Å². The van der Waals surface area contributed by atoms with Gasteiger partial charge < -0.3 is 32.7 Å². The van der Waals surface area contributed by atoms with Crippen LogP contribution >= 0.6 is 23.5 Å². The molecule has 0 aromatic heterocycles. The Morgan fingerprint density at radius 2 is 1.02 bits per heavy atom. The largest absolute Gasteiger partial charge is 0.354 e. The molecule has 260 valence electrons. The summed E-state index contributed by atoms with van der Waals surface area (Å²) in [4.78, 5) is 75.3. The maximum atomic E-state index is 13.1. The molecule has 6 atom stereocenters. The van der Waals surface area contributed by atoms with Crippen molar-refractivity contribution in [3.63, 3.8) is 0 Å². The van der Waals surface area contributed by atoms with Gasteiger partial charge in [0, 0.05) is 60.9 Å². The predicted molar refractivity (Wildman–Crippen MR) is 184 cm³/mol. The molecule has 0 bridgehead atoms. The molecule has 0 aliphatic rings. The molecule has 0 aromatic rings. The van der Waals surface area contributed by atoms with E-state index in [0.717, 1.165) is 0 Å². The first-order valence-corrected chi connectivity index (χ1v) is 18.0. The second-order valence-electron chi connectivity index (χ2n) is 12.5. The summed E-state index contributed by atoms with van der Waals surface area (Å²) in [6.45, 7) is 16.3. The third-order valence-corrected chi connectivity index (χ3v) is 9.36. The van der Waals surface area contributed by atoms with Crippen molar-refractivity contribution in [2.45, 2.75) is 141 Å². The van der Waals surface area contributed by atoms with Gasteiger partial charge >= 0.3 is 0 Å². The van der Waals surface area contributed by atoms with Crippen LogP contribution in [0, 0.1) is 5.92 Å². The molecule has 0 aliphatic heterocycles. The number of nitrogens with one attached hydrogen (secondary N) is 4. The zero-order chi connectivity index (χ0) is 34.9. The van der Waals surface area contributed by atoms with E-state index in [0.29, 0.717) is 19.3 Å². The number of hydrogen-bond acceptors (Lipinski definition) is 10. The van der Waals surface area contributed by atoms with Crippen LogP contribution in [0.3, 0.4) is 0 Å². The maximum Gasteiger partial charge on any atom is 0.233 e. The molecule has 0 spiro atoms. The quantitative estimate of drug-likeness (QED) is 0.0926. The first-order chi connectivity index (χ1) is 20.9. The highest BCUT2D eigenvalue weighted by Gasteiger charge is 2.28. The number of carbonyl (C=O) groups is 6. The lowest BCUT2D eigenvalue weighted by molar-refractivity contribution is -0.126. The number of Topliss-reactive ketones (excluding diaryl/α,β-unsaturated/α-hetero) is 2. The lowest BCUT2D eigenvalue weighted by Gasteiger charge is -2.23. The first-order valence-electron chi connectivity index (χ1n) is 15.9. The second-order valence-corrected chi connectivity index (χ2v) is 15.0. The summed E-state index contributed by atoms with van der Waals surface area (Å²) in [6, 6.07) is -2.10. The first kappa shape index (κ1) is 42.8. The van der Waals surface area contributed by atoms with Gasteiger partial charge in [0.25, 0.3) is 0 Å². The van der Waals surface area contributed by atoms with Gasteiger partial charge in [-0.2, -0.15) is 0 Å². The number of nitrogens with two attached hydrogens (primary N) is 2. The van der Waals surface area contributed by atoms with E-state index in [4.69, 9.17) is 11.5 Å². The van der Waals surface area contributed by atoms with E-state index < -0.39 is 22.6 Å². The van der Waals surface area contributed by atoms with Crippen LogP contribution in [-0.2, 0) is 28.8 Å². The molecule has 0 aliphatic carbocycles. The molecular weight excluding hydrogens is 617 g/mol. The average molecular weight is 675 g/mol. The summed E-state index contributed by atoms with van der Waals surface area (Å²) in [6.07, 6.45) is 1.30. The zero-order valence-corrected chi connectivity index (χ0v) is 30.2. The lowest BCUT2D eigenvalue weighted by atomic mass is 10.0. The van der Waals surface area contributed by atoms with E-state index in [1.807, 2.05) is 41.5 Å². The summed E-state index contributed by atoms with van der Waals surface area (Å²) in [7, 11) is 0. The molecule has 0 saturated carbocycles. The minimum absolute atomic E-state index is 0.0407. The Morgan fingerprint density at radius 3 is 1.47 bits per heavy atom. The van der Waals surface area contributed by atoms with Crippen molar-refractivity contribution in [2.24, 2.45) is 17.4 Å². The summed E-state index contributed by atoms with van der Waals surface area (Å²) < 4.78 is 0. The van der Waals surface area contributed by atoms with E-state index in [9.17, 15) is 28.8 Å². The molecule has 14 heteroatoms. The van der Waals surface area contributed by atoms with Crippen LogP contribution < -0.4 is 32.7 Å². The summed E-state index contributed by atoms with van der Waals surface area (Å²) in [5.74, 6) is -1.12. The van der Waals surface area contributed by atoms with Gasteiger partial charge in [-0.05, 0) is 54.4 Å². The highest BCUT2D eigenvalue weighted by molar-refractivity contribution is 8.00. The van der Waals surface area contributed by atoms with Crippen LogP contribution in [0.15, 0.2) is 0 Å². The fourth-order valence-corrected chi connectivity index (χ4v) is 6.38. The summed E-state index contributed by atoms with van der Waals surface area (Å²) in [5.41, 5.74) is 12.0. The van der Waals surface area contributed by atoms with Crippen LogP contribution in [0.25, 0.3) is 0 Å². The molecule has 3 unspecified atom stereocenters. The van der Waals surface area contributed by atoms with Gasteiger partial charge in [0.15, 0.2) is 5.78 Å². The molecule has 8 N–H and O–H groups in total. The van der Waals surface area contributed by atoms with Gasteiger partial charge in [0.05, 0.1) is 22.6 Å². The molecule has 0 fully saturated rings. The molecule has 45 heavy (non-hydrogen) atoms. The minimum Gasteiger partial charge on any atom is -0.354 e. The molecule has 0 aromatic carbocycles. The van der Waals surface area contributed by atoms with Gasteiger partial charge in [0.1, 0.15) is 5.78 Å². The summed E-state index contributed by atoms with van der Waals surface area (Å²) in [5, 5.41) is 10.1. The lowest BCUT2D eigenvalue weighted by Crippen LogP contribution is -2.44. The topological polar surface area (TPSA) is 203 Å². The van der Waals surface area contributed by atoms with Crippen LogP contribution in [0.2, 0.25) is 0 Å². The van der Waals surface area contributed by atoms with Gasteiger partial charge in [-0.15, -0.1) is 23.5 Å². The number of ketones is 2. The normalized spacial score (nSPS) is 15.5. The number of thioether (sulfide) groups is 2. The molecule has 12 nitrogen and oxygen atoms in total. The van der Waals surface area contributed by atoms with Gasteiger partial charge in [0.2, 0.25) is 23.6 Å². The number of amides is 4. The SMILES string of the molecule is CCC(=O)[C@@H](N)CSC(CC(=O)NC(C)C)C(=O)N[C@@H](C)CCC(C)NC(=O)CC(SC[C@@H](N)C(=O)C(C)C)C(=O)NC(C)C. The Bertz CT molecular complexity index is 980. The number of carbonyl (C=O) groups excluding carboxylic acids is 6. The second kappa shape index (κ2) is 22.4. The number of hydrogen-bond donors (Lipinski definition) is 6. The zero-order valence-electron chi connectivity index (χ0n) is 28.6. The van der Waals surface area contributed by atoms with E-state index >= 15 is 0 Å². The fourth-order valence-electron chi connectivity index (χ4n) is 4.17. The number of rotatable bonds is 23. The van der Waals surface area contributed by atoms with Gasteiger partial charge in [-0.1, -0.05) is 20.8 Å². The fraction of sp³-hybridized carbons (Fsp3) is 0.806. The van der Waals surface area contributed by atoms with Crippen LogP contribution in [0.5, 0.6) is 0 Å². The van der Waals surface area contributed by atoms with Crippen molar-refractivity contribution < 1.29 is 28.8 Å². The van der Waals surface area contributed by atoms with E-state index in [2.05, 4.69) is 21.3 Å². The van der Waals surface area contributed by atoms with E-state index in [1.165, 1.54) is 23.5 Å². The molecular formula is C31H58N6O6S2. The average Bonchev–Trinajstić information content (AvgIpc) is 2.93. The van der Waals surface area contributed by atoms with E-state index in [1.54, 1.807) is 20.8 Å². The van der Waals surface area contributed by atoms with Crippen molar-refractivity contribution in [3.8, 4) is 0 Å². The van der Waals surface area contributed by atoms with Crippen LogP contribution in [-0.4, -0.2) is 93.5 Å². The Kier molecular flexibility index (Phi) is 21.3. The molecule has 0 rings (SSSR count). The third-order valence-electron chi connectivity index (χ3n) is 6.69. The minimum atomic E-state index is -0.721. The molecule has 0 heterocycles.